The van der Waals surface area contributed by atoms with Crippen molar-refractivity contribution in [1.82, 2.24) is 19.5 Å². The predicted octanol–water partition coefficient (Wildman–Crippen LogP) is 2.55. The molecule has 0 aliphatic heterocycles. The van der Waals surface area contributed by atoms with Crippen molar-refractivity contribution in [2.24, 2.45) is 5.92 Å². The molecule has 1 atom stereocenters. The average Bonchev–Trinajstić information content (AvgIpc) is 3.32. The average molecular weight is 414 g/mol. The lowest BCUT2D eigenvalue weighted by molar-refractivity contribution is -0.140. The molecule has 2 aromatic heterocycles. The molecule has 0 bridgehead atoms. The SMILES string of the molecule is CC(C)[C@@H](NS(=O)(=O)c1ccc2oc3cc(-n4cnnc4)ccc3c2c1)C(=O)O. The molecule has 9 nitrogen and oxygen atoms in total. The smallest absolute Gasteiger partial charge is 0.322 e. The number of hydrogen-bond acceptors (Lipinski definition) is 6. The van der Waals surface area contributed by atoms with Gasteiger partial charge in [-0.25, -0.2) is 8.42 Å². The molecule has 10 heteroatoms. The van der Waals surface area contributed by atoms with Crippen LogP contribution in [0.2, 0.25) is 0 Å². The van der Waals surface area contributed by atoms with Crippen LogP contribution in [0.3, 0.4) is 0 Å². The number of fused-ring (bicyclic) bond motifs is 3. The van der Waals surface area contributed by atoms with Crippen LogP contribution in [-0.2, 0) is 14.8 Å². The number of hydrogen-bond donors (Lipinski definition) is 2. The maximum absolute atomic E-state index is 12.7. The topological polar surface area (TPSA) is 127 Å². The summed E-state index contributed by atoms with van der Waals surface area (Å²) in [6.45, 7) is 3.28. The summed E-state index contributed by atoms with van der Waals surface area (Å²) >= 11 is 0. The zero-order chi connectivity index (χ0) is 20.8. The van der Waals surface area contributed by atoms with E-state index in [2.05, 4.69) is 14.9 Å². The molecule has 2 heterocycles. The molecule has 29 heavy (non-hydrogen) atoms. The van der Waals surface area contributed by atoms with E-state index in [1.54, 1.807) is 37.1 Å². The van der Waals surface area contributed by atoms with Gasteiger partial charge < -0.3 is 9.52 Å². The summed E-state index contributed by atoms with van der Waals surface area (Å²) in [5.41, 5.74) is 1.91. The molecule has 2 N–H and O–H groups in total. The highest BCUT2D eigenvalue weighted by Gasteiger charge is 2.28. The molecule has 150 valence electrons. The Morgan fingerprint density at radius 3 is 2.45 bits per heavy atom. The van der Waals surface area contributed by atoms with Gasteiger partial charge in [0, 0.05) is 16.8 Å². The Balaban J connectivity index is 1.77. The number of rotatable bonds is 6. The second-order valence-corrected chi connectivity index (χ2v) is 8.70. The van der Waals surface area contributed by atoms with Gasteiger partial charge in [-0.05, 0) is 36.2 Å². The maximum Gasteiger partial charge on any atom is 0.322 e. The molecule has 4 rings (SSSR count). The molecule has 0 aliphatic carbocycles. The number of aliphatic carboxylic acids is 1. The molecule has 0 aliphatic rings. The molecule has 0 spiro atoms. The minimum absolute atomic E-state index is 0.0255. The zero-order valence-corrected chi connectivity index (χ0v) is 16.4. The molecule has 0 saturated heterocycles. The largest absolute Gasteiger partial charge is 0.480 e. The summed E-state index contributed by atoms with van der Waals surface area (Å²) < 4.78 is 35.3. The van der Waals surface area contributed by atoms with E-state index in [9.17, 15) is 18.3 Å². The Bertz CT molecular complexity index is 1310. The van der Waals surface area contributed by atoms with Gasteiger partial charge in [0.1, 0.15) is 29.9 Å². The summed E-state index contributed by atoms with van der Waals surface area (Å²) in [5.74, 6) is -1.63. The fraction of sp³-hybridized carbons (Fsp3) is 0.211. The second kappa shape index (κ2) is 6.98. The van der Waals surface area contributed by atoms with Crippen molar-refractivity contribution in [2.75, 3.05) is 0 Å². The van der Waals surface area contributed by atoms with Crippen molar-refractivity contribution < 1.29 is 22.7 Å². The van der Waals surface area contributed by atoms with Crippen molar-refractivity contribution >= 4 is 37.9 Å². The first-order valence-corrected chi connectivity index (χ1v) is 10.3. The monoisotopic (exact) mass is 414 g/mol. The lowest BCUT2D eigenvalue weighted by Crippen LogP contribution is -2.44. The Hall–Kier alpha value is -3.24. The lowest BCUT2D eigenvalue weighted by atomic mass is 10.1. The number of aromatic nitrogens is 3. The number of carboxylic acid groups (broad SMARTS) is 1. The summed E-state index contributed by atoms with van der Waals surface area (Å²) in [4.78, 5) is 11.3. The minimum atomic E-state index is -4.02. The Morgan fingerprint density at radius 2 is 1.79 bits per heavy atom. The van der Waals surface area contributed by atoms with Crippen molar-refractivity contribution in [3.05, 3.63) is 49.1 Å². The van der Waals surface area contributed by atoms with Gasteiger partial charge in [0.25, 0.3) is 0 Å². The van der Waals surface area contributed by atoms with E-state index in [0.29, 0.717) is 16.6 Å². The first kappa shape index (κ1) is 19.1. The third-order valence-corrected chi connectivity index (χ3v) is 6.11. The number of sulfonamides is 1. The third kappa shape index (κ3) is 3.47. The number of nitrogens with zero attached hydrogens (tertiary/aromatic N) is 3. The van der Waals surface area contributed by atoms with E-state index in [0.717, 1.165) is 11.1 Å². The number of carboxylic acids is 1. The van der Waals surface area contributed by atoms with Gasteiger partial charge in [-0.3, -0.25) is 9.36 Å². The van der Waals surface area contributed by atoms with Crippen LogP contribution in [0.25, 0.3) is 27.6 Å². The van der Waals surface area contributed by atoms with E-state index in [1.807, 2.05) is 18.2 Å². The van der Waals surface area contributed by atoms with Gasteiger partial charge in [0.2, 0.25) is 10.0 Å². The third-order valence-electron chi connectivity index (χ3n) is 4.67. The number of benzene rings is 2. The quantitative estimate of drug-likeness (QED) is 0.496. The second-order valence-electron chi connectivity index (χ2n) is 6.99. The van der Waals surface area contributed by atoms with Crippen LogP contribution in [0.1, 0.15) is 13.8 Å². The van der Waals surface area contributed by atoms with E-state index < -0.39 is 28.0 Å². The summed E-state index contributed by atoms with van der Waals surface area (Å²) in [6.07, 6.45) is 3.13. The van der Waals surface area contributed by atoms with Gasteiger partial charge in [0.05, 0.1) is 10.6 Å². The van der Waals surface area contributed by atoms with Gasteiger partial charge in [-0.1, -0.05) is 13.8 Å². The molecule has 0 radical (unpaired) electrons. The Labute approximate surface area is 166 Å². The van der Waals surface area contributed by atoms with Gasteiger partial charge in [-0.15, -0.1) is 10.2 Å². The fourth-order valence-corrected chi connectivity index (χ4v) is 4.48. The molecule has 0 amide bonds. The maximum atomic E-state index is 12.7. The highest BCUT2D eigenvalue weighted by atomic mass is 32.2. The van der Waals surface area contributed by atoms with E-state index in [1.165, 1.54) is 12.1 Å². The van der Waals surface area contributed by atoms with Crippen LogP contribution in [-0.4, -0.2) is 40.3 Å². The fourth-order valence-electron chi connectivity index (χ4n) is 3.11. The molecule has 2 aromatic carbocycles. The number of nitrogens with one attached hydrogen (secondary N) is 1. The van der Waals surface area contributed by atoms with E-state index in [-0.39, 0.29) is 4.90 Å². The minimum Gasteiger partial charge on any atom is -0.480 e. The summed E-state index contributed by atoms with van der Waals surface area (Å²) in [6, 6.07) is 8.71. The summed E-state index contributed by atoms with van der Waals surface area (Å²) in [7, 11) is -4.02. The zero-order valence-electron chi connectivity index (χ0n) is 15.6. The van der Waals surface area contributed by atoms with Crippen LogP contribution in [0.5, 0.6) is 0 Å². The summed E-state index contributed by atoms with van der Waals surface area (Å²) in [5, 5.41) is 18.2. The molecule has 0 fully saturated rings. The molecular weight excluding hydrogens is 396 g/mol. The van der Waals surface area contributed by atoms with Gasteiger partial charge in [-0.2, -0.15) is 4.72 Å². The molecule has 0 unspecified atom stereocenters. The molecular formula is C19H18N4O5S. The number of furan rings is 1. The van der Waals surface area contributed by atoms with Crippen molar-refractivity contribution in [2.45, 2.75) is 24.8 Å². The highest BCUT2D eigenvalue weighted by molar-refractivity contribution is 7.89. The lowest BCUT2D eigenvalue weighted by Gasteiger charge is -2.17. The Kier molecular flexibility index (Phi) is 4.59. The van der Waals surface area contributed by atoms with Gasteiger partial charge >= 0.3 is 5.97 Å². The Morgan fingerprint density at radius 1 is 1.07 bits per heavy atom. The van der Waals surface area contributed by atoms with E-state index >= 15 is 0 Å². The van der Waals surface area contributed by atoms with Crippen molar-refractivity contribution in [1.29, 1.82) is 0 Å². The predicted molar refractivity (Wildman–Crippen MR) is 105 cm³/mol. The normalized spacial score (nSPS) is 13.3. The van der Waals surface area contributed by atoms with Crippen LogP contribution >= 0.6 is 0 Å². The van der Waals surface area contributed by atoms with Crippen LogP contribution < -0.4 is 4.72 Å². The highest BCUT2D eigenvalue weighted by Crippen LogP contribution is 2.32. The van der Waals surface area contributed by atoms with Crippen LogP contribution in [0.15, 0.2) is 58.4 Å². The van der Waals surface area contributed by atoms with Gasteiger partial charge in [0.15, 0.2) is 0 Å². The first-order valence-electron chi connectivity index (χ1n) is 8.83. The standard InChI is InChI=1S/C19H18N4O5S/c1-11(2)18(19(24)25)22-29(26,27)13-4-6-16-15(8-13)14-5-3-12(7-17(14)28-16)23-9-20-21-10-23/h3-11,18,22H,1-2H3,(H,24,25)/t18-/m1/s1. The van der Waals surface area contributed by atoms with Crippen LogP contribution in [0.4, 0.5) is 0 Å². The van der Waals surface area contributed by atoms with Crippen molar-refractivity contribution in [3.63, 3.8) is 0 Å². The van der Waals surface area contributed by atoms with Crippen LogP contribution in [0, 0.1) is 5.92 Å². The van der Waals surface area contributed by atoms with E-state index in [4.69, 9.17) is 4.42 Å². The number of carbonyl (C=O) groups is 1. The molecule has 4 aromatic rings. The first-order chi connectivity index (χ1) is 13.8. The molecule has 0 saturated carbocycles. The van der Waals surface area contributed by atoms with Crippen molar-refractivity contribution in [3.8, 4) is 5.69 Å².